The molecule has 1 aromatic heterocycles. The molecular formula is C13H16F3N2O3S-. The molecule has 1 aliphatic heterocycles. The van der Waals surface area contributed by atoms with E-state index < -0.39 is 27.6 Å². The fourth-order valence-electron chi connectivity index (χ4n) is 2.65. The van der Waals surface area contributed by atoms with Gasteiger partial charge in [-0.25, -0.2) is 13.4 Å². The Kier molecular flexibility index (Phi) is 4.67. The smallest absolute Gasteiger partial charge is 0.417 e. The minimum absolute atomic E-state index is 0.0541. The van der Waals surface area contributed by atoms with Crippen LogP contribution in [0.1, 0.15) is 18.9 Å². The highest BCUT2D eigenvalue weighted by atomic mass is 32.2. The van der Waals surface area contributed by atoms with Crippen molar-refractivity contribution < 1.29 is 26.1 Å². The number of hydrogen-bond acceptors (Lipinski definition) is 5. The summed E-state index contributed by atoms with van der Waals surface area (Å²) in [6.45, 7) is 2.74. The van der Waals surface area contributed by atoms with E-state index in [0.29, 0.717) is 25.3 Å². The Morgan fingerprint density at radius 3 is 2.55 bits per heavy atom. The van der Waals surface area contributed by atoms with Gasteiger partial charge in [-0.3, -0.25) is 0 Å². The van der Waals surface area contributed by atoms with Gasteiger partial charge in [-0.2, -0.15) is 13.2 Å². The molecule has 0 unspecified atom stereocenters. The molecule has 0 N–H and O–H groups in total. The number of halogens is 3. The molecule has 22 heavy (non-hydrogen) atoms. The van der Waals surface area contributed by atoms with Crippen LogP contribution in [-0.4, -0.2) is 36.8 Å². The zero-order chi connectivity index (χ0) is 16.5. The number of alkyl halides is 3. The molecule has 2 rings (SSSR count). The predicted octanol–water partition coefficient (Wildman–Crippen LogP) is 2.11. The van der Waals surface area contributed by atoms with Gasteiger partial charge in [-0.05, 0) is 30.4 Å². The number of nitrogens with zero attached hydrogens (tertiary/aromatic N) is 2. The maximum Gasteiger partial charge on any atom is 0.417 e. The summed E-state index contributed by atoms with van der Waals surface area (Å²) >= 11 is 0. The van der Waals surface area contributed by atoms with Gasteiger partial charge in [0.25, 0.3) is 0 Å². The third kappa shape index (κ3) is 4.33. The van der Waals surface area contributed by atoms with Crippen LogP contribution in [0.25, 0.3) is 0 Å². The fraction of sp³-hybridized carbons (Fsp3) is 0.615. The summed E-state index contributed by atoms with van der Waals surface area (Å²) in [5.74, 6) is -0.263. The van der Waals surface area contributed by atoms with Crippen molar-refractivity contribution in [3.05, 3.63) is 23.9 Å². The van der Waals surface area contributed by atoms with Crippen molar-refractivity contribution in [3.8, 4) is 0 Å². The minimum atomic E-state index is -4.42. The van der Waals surface area contributed by atoms with Gasteiger partial charge >= 0.3 is 6.18 Å². The van der Waals surface area contributed by atoms with E-state index in [1.165, 1.54) is 6.07 Å². The van der Waals surface area contributed by atoms with E-state index >= 15 is 0 Å². The Morgan fingerprint density at radius 1 is 1.41 bits per heavy atom. The van der Waals surface area contributed by atoms with Gasteiger partial charge < -0.3 is 9.45 Å². The summed E-state index contributed by atoms with van der Waals surface area (Å²) in [4.78, 5) is 5.63. The molecule has 1 saturated heterocycles. The summed E-state index contributed by atoms with van der Waals surface area (Å²) in [7, 11) is -4.27. The van der Waals surface area contributed by atoms with Crippen molar-refractivity contribution in [1.29, 1.82) is 0 Å². The molecule has 124 valence electrons. The van der Waals surface area contributed by atoms with E-state index in [-0.39, 0.29) is 11.8 Å². The molecule has 2 heterocycles. The lowest BCUT2D eigenvalue weighted by Crippen LogP contribution is -2.42. The molecule has 9 heteroatoms. The van der Waals surface area contributed by atoms with E-state index in [2.05, 4.69) is 4.98 Å². The first kappa shape index (κ1) is 17.0. The fourth-order valence-corrected chi connectivity index (χ4v) is 3.67. The quantitative estimate of drug-likeness (QED) is 0.790. The Balaban J connectivity index is 2.04. The summed E-state index contributed by atoms with van der Waals surface area (Å²) in [5.41, 5.74) is -0.809. The molecule has 0 aromatic carbocycles. The molecule has 1 fully saturated rings. The normalized spacial score (nSPS) is 23.6. The lowest BCUT2D eigenvalue weighted by Gasteiger charge is -2.38. The predicted molar refractivity (Wildman–Crippen MR) is 73.3 cm³/mol. The van der Waals surface area contributed by atoms with Crippen molar-refractivity contribution in [2.75, 3.05) is 23.7 Å². The monoisotopic (exact) mass is 337 g/mol. The van der Waals surface area contributed by atoms with E-state index in [4.69, 9.17) is 0 Å². The second kappa shape index (κ2) is 6.04. The van der Waals surface area contributed by atoms with E-state index in [1.807, 2.05) is 6.92 Å². The zero-order valence-electron chi connectivity index (χ0n) is 11.9. The van der Waals surface area contributed by atoms with Crippen molar-refractivity contribution >= 4 is 15.9 Å². The molecule has 0 saturated carbocycles. The van der Waals surface area contributed by atoms with Gasteiger partial charge in [0.1, 0.15) is 5.82 Å². The van der Waals surface area contributed by atoms with Crippen LogP contribution in [0.5, 0.6) is 0 Å². The van der Waals surface area contributed by atoms with Gasteiger partial charge in [0, 0.05) is 25.0 Å². The van der Waals surface area contributed by atoms with E-state index in [1.54, 1.807) is 4.90 Å². The van der Waals surface area contributed by atoms with Crippen molar-refractivity contribution in [2.24, 2.45) is 11.8 Å². The molecule has 0 bridgehead atoms. The summed E-state index contributed by atoms with van der Waals surface area (Å²) in [6.07, 6.45) is -3.15. The van der Waals surface area contributed by atoms with Gasteiger partial charge in [-0.1, -0.05) is 6.92 Å². The largest absolute Gasteiger partial charge is 0.748 e. The molecule has 0 spiro atoms. The van der Waals surface area contributed by atoms with Crippen LogP contribution in [0.4, 0.5) is 19.0 Å². The van der Waals surface area contributed by atoms with Crippen molar-refractivity contribution in [1.82, 2.24) is 4.98 Å². The first-order chi connectivity index (χ1) is 10.1. The van der Waals surface area contributed by atoms with Crippen LogP contribution in [0.15, 0.2) is 18.3 Å². The highest BCUT2D eigenvalue weighted by Gasteiger charge is 2.32. The van der Waals surface area contributed by atoms with E-state index in [0.717, 1.165) is 12.3 Å². The van der Waals surface area contributed by atoms with Crippen LogP contribution in [0.2, 0.25) is 0 Å². The lowest BCUT2D eigenvalue weighted by atomic mass is 9.88. The molecule has 5 nitrogen and oxygen atoms in total. The van der Waals surface area contributed by atoms with Crippen LogP contribution in [-0.2, 0) is 16.3 Å². The first-order valence-electron chi connectivity index (χ1n) is 6.78. The van der Waals surface area contributed by atoms with Gasteiger partial charge in [0.15, 0.2) is 0 Å². The average molecular weight is 337 g/mol. The molecule has 1 aliphatic rings. The van der Waals surface area contributed by atoms with E-state index in [9.17, 15) is 26.1 Å². The molecule has 0 radical (unpaired) electrons. The van der Waals surface area contributed by atoms with Crippen molar-refractivity contribution in [3.63, 3.8) is 0 Å². The molecule has 2 atom stereocenters. The standard InChI is InChI=1S/C13H17F3N2O3S/c1-9-7-18(5-4-10(9)8-22(19,20)21)12-3-2-11(6-17-12)13(14,15)16/h2-3,6,9-10H,4-5,7-8H2,1H3,(H,19,20,21)/p-1/t9-,10+/m1/s1. The molecule has 1 aromatic rings. The van der Waals surface area contributed by atoms with Gasteiger partial charge in [0.2, 0.25) is 0 Å². The Hall–Kier alpha value is -1.35. The highest BCUT2D eigenvalue weighted by Crippen LogP contribution is 2.31. The van der Waals surface area contributed by atoms with Crippen LogP contribution in [0, 0.1) is 11.8 Å². The summed E-state index contributed by atoms with van der Waals surface area (Å²) < 4.78 is 70.0. The lowest BCUT2D eigenvalue weighted by molar-refractivity contribution is -0.137. The molecule has 0 aliphatic carbocycles. The number of anilines is 1. The summed E-state index contributed by atoms with van der Waals surface area (Å²) in [5, 5.41) is 0. The molecule has 0 amide bonds. The topological polar surface area (TPSA) is 73.3 Å². The maximum atomic E-state index is 12.5. The highest BCUT2D eigenvalue weighted by molar-refractivity contribution is 7.85. The third-order valence-corrected chi connectivity index (χ3v) is 4.74. The third-order valence-electron chi connectivity index (χ3n) is 3.90. The second-order valence-electron chi connectivity index (χ2n) is 5.60. The molecular weight excluding hydrogens is 321 g/mol. The Labute approximate surface area is 126 Å². The van der Waals surface area contributed by atoms with Crippen LogP contribution in [0.3, 0.4) is 0 Å². The number of piperidine rings is 1. The number of hydrogen-bond donors (Lipinski definition) is 0. The number of pyridine rings is 1. The van der Waals surface area contributed by atoms with Crippen LogP contribution < -0.4 is 4.90 Å². The van der Waals surface area contributed by atoms with Crippen LogP contribution >= 0.6 is 0 Å². The average Bonchev–Trinajstić information content (AvgIpc) is 2.39. The first-order valence-corrected chi connectivity index (χ1v) is 8.36. The number of aromatic nitrogens is 1. The zero-order valence-corrected chi connectivity index (χ0v) is 12.7. The maximum absolute atomic E-state index is 12.5. The SMILES string of the molecule is C[C@@H]1CN(c2ccc(C(F)(F)F)cn2)CC[C@H]1CS(=O)(=O)[O-]. The Morgan fingerprint density at radius 2 is 2.09 bits per heavy atom. The van der Waals surface area contributed by atoms with Gasteiger partial charge in [-0.15, -0.1) is 0 Å². The van der Waals surface area contributed by atoms with Crippen molar-refractivity contribution in [2.45, 2.75) is 19.5 Å². The Bertz CT molecular complexity index is 616. The summed E-state index contributed by atoms with van der Waals surface area (Å²) in [6, 6.07) is 2.28. The second-order valence-corrected chi connectivity index (χ2v) is 7.05. The number of rotatable bonds is 3. The van der Waals surface area contributed by atoms with Gasteiger partial charge in [0.05, 0.1) is 15.7 Å². The minimum Gasteiger partial charge on any atom is -0.748 e.